The Balaban J connectivity index is 2.52. The summed E-state index contributed by atoms with van der Waals surface area (Å²) >= 11 is 5.86. The van der Waals surface area contributed by atoms with Gasteiger partial charge in [0.05, 0.1) is 12.5 Å². The van der Waals surface area contributed by atoms with Gasteiger partial charge < -0.3 is 15.7 Å². The molecule has 0 saturated carbocycles. The van der Waals surface area contributed by atoms with Gasteiger partial charge in [0.1, 0.15) is 5.82 Å². The highest BCUT2D eigenvalue weighted by Crippen LogP contribution is 2.23. The van der Waals surface area contributed by atoms with Crippen molar-refractivity contribution < 1.29 is 19.1 Å². The maximum Gasteiger partial charge on any atom is 0.315 e. The van der Waals surface area contributed by atoms with Crippen LogP contribution in [0.5, 0.6) is 0 Å². The molecule has 2 amide bonds. The summed E-state index contributed by atoms with van der Waals surface area (Å²) in [5, 5.41) is 13.6. The summed E-state index contributed by atoms with van der Waals surface area (Å²) in [6.07, 6.45) is -0.154. The quantitative estimate of drug-likeness (QED) is 0.778. The molecule has 0 aliphatic heterocycles. The second kappa shape index (κ2) is 6.94. The molecule has 0 spiro atoms. The van der Waals surface area contributed by atoms with E-state index in [4.69, 9.17) is 16.7 Å². The van der Waals surface area contributed by atoms with E-state index in [2.05, 4.69) is 10.6 Å². The van der Waals surface area contributed by atoms with Crippen LogP contribution in [0, 0.1) is 5.82 Å². The topological polar surface area (TPSA) is 78.4 Å². The van der Waals surface area contributed by atoms with Gasteiger partial charge in [0.15, 0.2) is 0 Å². The largest absolute Gasteiger partial charge is 0.481 e. The van der Waals surface area contributed by atoms with E-state index in [9.17, 15) is 14.0 Å². The van der Waals surface area contributed by atoms with Gasteiger partial charge in [0.25, 0.3) is 0 Å². The average Bonchev–Trinajstić information content (AvgIpc) is 2.27. The molecular weight excluding hydrogens is 275 g/mol. The summed E-state index contributed by atoms with van der Waals surface area (Å²) in [5.74, 6) is -1.44. The standard InChI is InChI=1S/C12H14ClFN2O3/c1-7(9-3-2-8(14)6-10(9)13)16-12(19)15-5-4-11(17)18/h2-3,6-7H,4-5H2,1H3,(H,17,18)(H2,15,16,19)/t7-/m1/s1. The Morgan fingerprint density at radius 3 is 2.74 bits per heavy atom. The van der Waals surface area contributed by atoms with Crippen molar-refractivity contribution in [1.29, 1.82) is 0 Å². The fourth-order valence-electron chi connectivity index (χ4n) is 1.46. The molecule has 0 aliphatic rings. The molecule has 0 aliphatic carbocycles. The molecule has 0 unspecified atom stereocenters. The molecule has 0 bridgehead atoms. The van der Waals surface area contributed by atoms with E-state index in [1.807, 2.05) is 0 Å². The first-order valence-corrected chi connectivity index (χ1v) is 5.99. The molecule has 104 valence electrons. The van der Waals surface area contributed by atoms with Gasteiger partial charge in [0.2, 0.25) is 0 Å². The van der Waals surface area contributed by atoms with Crippen LogP contribution in [0.2, 0.25) is 5.02 Å². The third-order valence-electron chi connectivity index (χ3n) is 2.40. The van der Waals surface area contributed by atoms with Gasteiger partial charge in [-0.2, -0.15) is 0 Å². The van der Waals surface area contributed by atoms with Crippen LogP contribution in [0.4, 0.5) is 9.18 Å². The number of halogens is 2. The summed E-state index contributed by atoms with van der Waals surface area (Å²) in [6.45, 7) is 1.72. The summed E-state index contributed by atoms with van der Waals surface area (Å²) in [7, 11) is 0. The predicted octanol–water partition coefficient (Wildman–Crippen LogP) is 2.31. The molecule has 7 heteroatoms. The number of benzene rings is 1. The molecule has 0 fully saturated rings. The molecule has 1 aromatic carbocycles. The highest BCUT2D eigenvalue weighted by Gasteiger charge is 2.13. The third kappa shape index (κ3) is 5.13. The van der Waals surface area contributed by atoms with Crippen molar-refractivity contribution in [2.24, 2.45) is 0 Å². The first kappa shape index (κ1) is 15.2. The van der Waals surface area contributed by atoms with Gasteiger partial charge in [-0.25, -0.2) is 9.18 Å². The van der Waals surface area contributed by atoms with Crippen molar-refractivity contribution in [1.82, 2.24) is 10.6 Å². The Morgan fingerprint density at radius 1 is 1.47 bits per heavy atom. The Kier molecular flexibility index (Phi) is 5.57. The number of carbonyl (C=O) groups excluding carboxylic acids is 1. The van der Waals surface area contributed by atoms with E-state index in [0.717, 1.165) is 6.07 Å². The van der Waals surface area contributed by atoms with Gasteiger partial charge in [0, 0.05) is 11.6 Å². The van der Waals surface area contributed by atoms with Crippen LogP contribution in [0.3, 0.4) is 0 Å². The monoisotopic (exact) mass is 288 g/mol. The second-order valence-electron chi connectivity index (χ2n) is 3.93. The lowest BCUT2D eigenvalue weighted by Crippen LogP contribution is -2.38. The van der Waals surface area contributed by atoms with Crippen molar-refractivity contribution in [3.05, 3.63) is 34.6 Å². The van der Waals surface area contributed by atoms with Crippen molar-refractivity contribution in [2.75, 3.05) is 6.54 Å². The van der Waals surface area contributed by atoms with Crippen molar-refractivity contribution >= 4 is 23.6 Å². The smallest absolute Gasteiger partial charge is 0.315 e. The number of rotatable bonds is 5. The third-order valence-corrected chi connectivity index (χ3v) is 2.73. The van der Waals surface area contributed by atoms with Crippen LogP contribution in [0.25, 0.3) is 0 Å². The van der Waals surface area contributed by atoms with Gasteiger partial charge in [-0.1, -0.05) is 17.7 Å². The minimum atomic E-state index is -0.991. The summed E-state index contributed by atoms with van der Waals surface area (Å²) in [6, 6.07) is 2.98. The lowest BCUT2D eigenvalue weighted by atomic mass is 10.1. The minimum Gasteiger partial charge on any atom is -0.481 e. The number of carbonyl (C=O) groups is 2. The Bertz CT molecular complexity index is 482. The normalized spacial score (nSPS) is 11.7. The van der Waals surface area contributed by atoms with Gasteiger partial charge in [-0.05, 0) is 24.6 Å². The zero-order valence-electron chi connectivity index (χ0n) is 10.2. The van der Waals surface area contributed by atoms with E-state index in [0.29, 0.717) is 5.56 Å². The fourth-order valence-corrected chi connectivity index (χ4v) is 1.79. The lowest BCUT2D eigenvalue weighted by Gasteiger charge is -2.16. The second-order valence-corrected chi connectivity index (χ2v) is 4.34. The predicted molar refractivity (Wildman–Crippen MR) is 68.6 cm³/mol. The molecule has 5 nitrogen and oxygen atoms in total. The summed E-state index contributed by atoms with van der Waals surface area (Å²) in [4.78, 5) is 21.7. The maximum absolute atomic E-state index is 12.9. The number of amides is 2. The first-order chi connectivity index (χ1) is 8.90. The number of urea groups is 1. The van der Waals surface area contributed by atoms with E-state index in [-0.39, 0.29) is 18.0 Å². The van der Waals surface area contributed by atoms with Crippen LogP contribution in [-0.4, -0.2) is 23.7 Å². The number of hydrogen-bond donors (Lipinski definition) is 3. The SMILES string of the molecule is C[C@@H](NC(=O)NCCC(=O)O)c1ccc(F)cc1Cl. The summed E-state index contributed by atoms with van der Waals surface area (Å²) in [5.41, 5.74) is 0.580. The number of aliphatic carboxylic acids is 1. The average molecular weight is 289 g/mol. The fraction of sp³-hybridized carbons (Fsp3) is 0.333. The Morgan fingerprint density at radius 2 is 2.16 bits per heavy atom. The molecule has 0 radical (unpaired) electrons. The number of carboxylic acids is 1. The number of nitrogens with one attached hydrogen (secondary N) is 2. The summed E-state index contributed by atoms with van der Waals surface area (Å²) < 4.78 is 12.9. The molecule has 19 heavy (non-hydrogen) atoms. The van der Waals surface area contributed by atoms with Crippen molar-refractivity contribution in [3.8, 4) is 0 Å². The number of hydrogen-bond acceptors (Lipinski definition) is 2. The molecular formula is C12H14ClFN2O3. The lowest BCUT2D eigenvalue weighted by molar-refractivity contribution is -0.136. The van der Waals surface area contributed by atoms with Crippen LogP contribution in [0.15, 0.2) is 18.2 Å². The zero-order chi connectivity index (χ0) is 14.4. The highest BCUT2D eigenvalue weighted by molar-refractivity contribution is 6.31. The molecule has 1 atom stereocenters. The van der Waals surface area contributed by atoms with E-state index < -0.39 is 23.9 Å². The minimum absolute atomic E-state index is 0.0328. The molecule has 0 heterocycles. The van der Waals surface area contributed by atoms with Crippen LogP contribution >= 0.6 is 11.6 Å². The first-order valence-electron chi connectivity index (χ1n) is 5.61. The molecule has 3 N–H and O–H groups in total. The molecule has 0 aromatic heterocycles. The molecule has 0 saturated heterocycles. The Labute approximate surface area is 114 Å². The molecule has 1 aromatic rings. The van der Waals surface area contributed by atoms with Crippen LogP contribution in [-0.2, 0) is 4.79 Å². The van der Waals surface area contributed by atoms with Crippen molar-refractivity contribution in [3.63, 3.8) is 0 Å². The van der Waals surface area contributed by atoms with Crippen LogP contribution < -0.4 is 10.6 Å². The van der Waals surface area contributed by atoms with Gasteiger partial charge >= 0.3 is 12.0 Å². The molecule has 1 rings (SSSR count). The highest BCUT2D eigenvalue weighted by atomic mass is 35.5. The van der Waals surface area contributed by atoms with Crippen LogP contribution in [0.1, 0.15) is 24.9 Å². The van der Waals surface area contributed by atoms with E-state index in [1.165, 1.54) is 12.1 Å². The zero-order valence-corrected chi connectivity index (χ0v) is 11.0. The number of carboxylic acid groups (broad SMARTS) is 1. The van der Waals surface area contributed by atoms with Gasteiger partial charge in [-0.3, -0.25) is 4.79 Å². The Hall–Kier alpha value is -1.82. The van der Waals surface area contributed by atoms with E-state index in [1.54, 1.807) is 6.92 Å². The maximum atomic E-state index is 12.9. The van der Waals surface area contributed by atoms with E-state index >= 15 is 0 Å². The van der Waals surface area contributed by atoms with Gasteiger partial charge in [-0.15, -0.1) is 0 Å². The van der Waals surface area contributed by atoms with Crippen molar-refractivity contribution in [2.45, 2.75) is 19.4 Å².